The van der Waals surface area contributed by atoms with Gasteiger partial charge in [0.25, 0.3) is 5.91 Å². The summed E-state index contributed by atoms with van der Waals surface area (Å²) in [7, 11) is 0. The van der Waals surface area contributed by atoms with Crippen LogP contribution in [0.4, 0.5) is 5.69 Å². The van der Waals surface area contributed by atoms with Crippen LogP contribution < -0.4 is 15.5 Å². The van der Waals surface area contributed by atoms with Crippen molar-refractivity contribution in [2.75, 3.05) is 11.9 Å². The van der Waals surface area contributed by atoms with Crippen molar-refractivity contribution in [2.45, 2.75) is 13.3 Å². The normalized spacial score (nSPS) is 10.6. The summed E-state index contributed by atoms with van der Waals surface area (Å²) in [5.41, 5.74) is 3.56. The number of rotatable bonds is 7. The van der Waals surface area contributed by atoms with E-state index in [-0.39, 0.29) is 18.9 Å². The Morgan fingerprint density at radius 1 is 1.15 bits per heavy atom. The molecule has 2 aromatic rings. The van der Waals surface area contributed by atoms with Crippen molar-refractivity contribution in [2.24, 2.45) is 5.10 Å². The van der Waals surface area contributed by atoms with Crippen LogP contribution in [0.2, 0.25) is 0 Å². The molecule has 0 saturated carbocycles. The smallest absolute Gasteiger partial charge is 0.277 e. The maximum absolute atomic E-state index is 12.0. The zero-order chi connectivity index (χ0) is 19.6. The number of nitrogens with one attached hydrogen (secondary N) is 2. The van der Waals surface area contributed by atoms with Crippen LogP contribution in [0, 0.1) is 11.3 Å². The largest absolute Gasteiger partial charge is 0.484 e. The van der Waals surface area contributed by atoms with Crippen LogP contribution in [0.3, 0.4) is 0 Å². The summed E-state index contributed by atoms with van der Waals surface area (Å²) in [5.74, 6) is -0.212. The number of anilines is 1. The third-order valence-electron chi connectivity index (χ3n) is 3.29. The summed E-state index contributed by atoms with van der Waals surface area (Å²) in [4.78, 5) is 23.8. The predicted molar refractivity (Wildman–Crippen MR) is 105 cm³/mol. The zero-order valence-corrected chi connectivity index (χ0v) is 16.1. The molecule has 138 valence electrons. The van der Waals surface area contributed by atoms with Gasteiger partial charge in [-0.15, -0.1) is 0 Å². The quantitative estimate of drug-likeness (QED) is 0.521. The second-order valence-corrected chi connectivity index (χ2v) is 6.42. The average molecular weight is 429 g/mol. The molecule has 2 N–H and O–H groups in total. The van der Waals surface area contributed by atoms with Crippen LogP contribution in [-0.2, 0) is 9.59 Å². The van der Waals surface area contributed by atoms with E-state index in [1.54, 1.807) is 55.5 Å². The number of amides is 2. The minimum Gasteiger partial charge on any atom is -0.484 e. The van der Waals surface area contributed by atoms with Crippen molar-refractivity contribution in [1.29, 1.82) is 5.26 Å². The molecule has 0 atom stereocenters. The first-order valence-corrected chi connectivity index (χ1v) is 8.76. The molecule has 0 spiro atoms. The van der Waals surface area contributed by atoms with Gasteiger partial charge in [0.1, 0.15) is 11.8 Å². The highest BCUT2D eigenvalue weighted by Gasteiger charge is 2.08. The van der Waals surface area contributed by atoms with E-state index in [0.717, 1.165) is 4.47 Å². The van der Waals surface area contributed by atoms with E-state index in [0.29, 0.717) is 22.7 Å². The Kier molecular flexibility index (Phi) is 7.52. The topological polar surface area (TPSA) is 104 Å². The molecule has 0 heterocycles. The van der Waals surface area contributed by atoms with Gasteiger partial charge in [-0.3, -0.25) is 9.59 Å². The van der Waals surface area contributed by atoms with Crippen LogP contribution in [0.25, 0.3) is 0 Å². The number of nitriles is 1. The van der Waals surface area contributed by atoms with Crippen molar-refractivity contribution >= 4 is 39.1 Å². The maximum atomic E-state index is 12.0. The van der Waals surface area contributed by atoms with Gasteiger partial charge in [-0.2, -0.15) is 10.4 Å². The number of hydrogen-bond donors (Lipinski definition) is 2. The van der Waals surface area contributed by atoms with Gasteiger partial charge in [0.2, 0.25) is 5.91 Å². The number of carbonyl (C=O) groups excluding carboxylic acids is 2. The summed E-state index contributed by atoms with van der Waals surface area (Å²) in [6.45, 7) is 1.42. The van der Waals surface area contributed by atoms with E-state index in [9.17, 15) is 9.59 Å². The average Bonchev–Trinajstić information content (AvgIpc) is 2.66. The first-order chi connectivity index (χ1) is 13.0. The third kappa shape index (κ3) is 6.92. The van der Waals surface area contributed by atoms with Crippen molar-refractivity contribution in [3.8, 4) is 11.8 Å². The van der Waals surface area contributed by atoms with Gasteiger partial charge < -0.3 is 10.1 Å². The van der Waals surface area contributed by atoms with Gasteiger partial charge in [0.15, 0.2) is 6.61 Å². The number of benzene rings is 2. The molecule has 0 aromatic heterocycles. The number of hydrazone groups is 1. The fourth-order valence-electron chi connectivity index (χ4n) is 2.03. The summed E-state index contributed by atoms with van der Waals surface area (Å²) in [6.07, 6.45) is -0.0202. The molecule has 0 saturated heterocycles. The van der Waals surface area contributed by atoms with E-state index < -0.39 is 5.91 Å². The molecule has 0 aliphatic carbocycles. The molecular formula is C19H17BrN4O3. The Hall–Kier alpha value is -3.18. The van der Waals surface area contributed by atoms with Crippen LogP contribution in [-0.4, -0.2) is 24.1 Å². The highest BCUT2D eigenvalue weighted by Crippen LogP contribution is 2.16. The van der Waals surface area contributed by atoms with E-state index >= 15 is 0 Å². The number of para-hydroxylation sites is 1. The van der Waals surface area contributed by atoms with E-state index in [2.05, 4.69) is 31.8 Å². The van der Waals surface area contributed by atoms with Gasteiger partial charge in [-0.25, -0.2) is 5.43 Å². The van der Waals surface area contributed by atoms with Crippen LogP contribution in [0.15, 0.2) is 58.1 Å². The van der Waals surface area contributed by atoms with Crippen molar-refractivity contribution < 1.29 is 14.3 Å². The Bertz CT molecular complexity index is 889. The van der Waals surface area contributed by atoms with Crippen molar-refractivity contribution in [3.63, 3.8) is 0 Å². The monoisotopic (exact) mass is 428 g/mol. The lowest BCUT2D eigenvalue weighted by Gasteiger charge is -2.07. The highest BCUT2D eigenvalue weighted by atomic mass is 79.9. The molecule has 0 aliphatic rings. The number of hydrogen-bond acceptors (Lipinski definition) is 5. The van der Waals surface area contributed by atoms with Gasteiger partial charge in [0.05, 0.1) is 17.7 Å². The molecule has 0 radical (unpaired) electrons. The van der Waals surface area contributed by atoms with E-state index in [1.165, 1.54) is 0 Å². The Balaban J connectivity index is 1.79. The van der Waals surface area contributed by atoms with Crippen molar-refractivity contribution in [3.05, 3.63) is 58.6 Å². The fourth-order valence-corrected chi connectivity index (χ4v) is 2.29. The lowest BCUT2D eigenvalue weighted by molar-refractivity contribution is -0.123. The lowest BCUT2D eigenvalue weighted by atomic mass is 10.2. The second-order valence-electron chi connectivity index (χ2n) is 5.51. The Morgan fingerprint density at radius 2 is 1.85 bits per heavy atom. The van der Waals surface area contributed by atoms with E-state index in [4.69, 9.17) is 10.00 Å². The molecule has 0 fully saturated rings. The van der Waals surface area contributed by atoms with Gasteiger partial charge >= 0.3 is 0 Å². The van der Waals surface area contributed by atoms with Crippen LogP contribution in [0.5, 0.6) is 5.75 Å². The minimum absolute atomic E-state index is 0.0202. The molecule has 0 unspecified atom stereocenters. The molecule has 2 aromatic carbocycles. The SMILES string of the molecule is C/C(CC(=O)Nc1ccccc1C#N)=N/NC(=O)COc1ccc(Br)cc1. The molecule has 8 heteroatoms. The zero-order valence-electron chi connectivity index (χ0n) is 14.5. The van der Waals surface area contributed by atoms with Crippen LogP contribution in [0.1, 0.15) is 18.9 Å². The van der Waals surface area contributed by atoms with E-state index in [1.807, 2.05) is 6.07 Å². The molecule has 0 aliphatic heterocycles. The Morgan fingerprint density at radius 3 is 2.56 bits per heavy atom. The Labute approximate surface area is 165 Å². The molecule has 2 rings (SSSR count). The van der Waals surface area contributed by atoms with Gasteiger partial charge in [-0.05, 0) is 43.3 Å². The molecular weight excluding hydrogens is 412 g/mol. The first kappa shape index (κ1) is 20.1. The standard InChI is InChI=1S/C19H17BrN4O3/c1-13(10-18(25)22-17-5-3-2-4-14(17)11-21)23-24-19(26)12-27-16-8-6-15(20)7-9-16/h2-9H,10,12H2,1H3,(H,22,25)(H,24,26)/b23-13-. The molecule has 2 amide bonds. The number of nitrogens with zero attached hydrogens (tertiary/aromatic N) is 2. The summed E-state index contributed by atoms with van der Waals surface area (Å²) in [5, 5.41) is 15.5. The number of carbonyl (C=O) groups is 2. The molecule has 0 bridgehead atoms. The van der Waals surface area contributed by atoms with Gasteiger partial charge in [-0.1, -0.05) is 28.1 Å². The lowest BCUT2D eigenvalue weighted by Crippen LogP contribution is -2.26. The predicted octanol–water partition coefficient (Wildman–Crippen LogP) is 3.22. The third-order valence-corrected chi connectivity index (χ3v) is 3.82. The fraction of sp³-hybridized carbons (Fsp3) is 0.158. The van der Waals surface area contributed by atoms with Crippen molar-refractivity contribution in [1.82, 2.24) is 5.43 Å². The highest BCUT2D eigenvalue weighted by molar-refractivity contribution is 9.10. The summed E-state index contributed by atoms with van der Waals surface area (Å²) < 4.78 is 6.24. The maximum Gasteiger partial charge on any atom is 0.277 e. The number of halogens is 1. The minimum atomic E-state index is -0.437. The van der Waals surface area contributed by atoms with Gasteiger partial charge in [0, 0.05) is 10.2 Å². The summed E-state index contributed by atoms with van der Waals surface area (Å²) >= 11 is 3.31. The summed E-state index contributed by atoms with van der Waals surface area (Å²) in [6, 6.07) is 15.8. The number of ether oxygens (including phenoxy) is 1. The molecule has 27 heavy (non-hydrogen) atoms. The molecule has 7 nitrogen and oxygen atoms in total. The first-order valence-electron chi connectivity index (χ1n) is 7.97. The van der Waals surface area contributed by atoms with Crippen LogP contribution >= 0.6 is 15.9 Å². The second kappa shape index (κ2) is 10.1.